The second kappa shape index (κ2) is 11.9. The molecule has 0 saturated heterocycles. The van der Waals surface area contributed by atoms with Crippen LogP contribution in [-0.2, 0) is 19.6 Å². The minimum atomic E-state index is -3.94. The Hall–Kier alpha value is -0.190. The number of esters is 1. The quantitative estimate of drug-likeness (QED) is 0.289. The van der Waals surface area contributed by atoms with Crippen LogP contribution in [0.15, 0.2) is 0 Å². The van der Waals surface area contributed by atoms with Gasteiger partial charge in [0.1, 0.15) is 0 Å². The summed E-state index contributed by atoms with van der Waals surface area (Å²) in [7, 11) is -3.94. The van der Waals surface area contributed by atoms with E-state index in [2.05, 4.69) is 6.92 Å². The van der Waals surface area contributed by atoms with Crippen molar-refractivity contribution in [1.82, 2.24) is 0 Å². The van der Waals surface area contributed by atoms with Crippen LogP contribution in [0.1, 0.15) is 51.9 Å². The van der Waals surface area contributed by atoms with E-state index in [1.54, 1.807) is 0 Å². The lowest BCUT2D eigenvalue weighted by molar-refractivity contribution is -0.143. The van der Waals surface area contributed by atoms with Crippen LogP contribution in [0, 0.1) is 0 Å². The molecule has 7 heteroatoms. The molecule has 110 valence electrons. The summed E-state index contributed by atoms with van der Waals surface area (Å²) in [5, 5.41) is 0. The topological polar surface area (TPSA) is 80.7 Å². The van der Waals surface area contributed by atoms with Gasteiger partial charge in [0.2, 0.25) is 0 Å². The molecule has 1 unspecified atom stereocenters. The van der Waals surface area contributed by atoms with Crippen LogP contribution < -0.4 is 0 Å². The maximum absolute atomic E-state index is 11.2. The zero-order valence-electron chi connectivity index (χ0n) is 11.1. The van der Waals surface area contributed by atoms with Crippen LogP contribution in [0.4, 0.5) is 0 Å². The molecule has 0 heterocycles. The molecule has 0 aliphatic heterocycles. The predicted molar refractivity (Wildman–Crippen MR) is 76.5 cm³/mol. The van der Waals surface area contributed by atoms with Gasteiger partial charge in [0, 0.05) is 6.42 Å². The van der Waals surface area contributed by atoms with Gasteiger partial charge < -0.3 is 4.74 Å². The van der Waals surface area contributed by atoms with E-state index in [1.165, 1.54) is 12.8 Å². The Morgan fingerprint density at radius 2 is 1.72 bits per heavy atom. The van der Waals surface area contributed by atoms with Crippen LogP contribution in [0.25, 0.3) is 0 Å². The molecule has 18 heavy (non-hydrogen) atoms. The summed E-state index contributed by atoms with van der Waals surface area (Å²) >= 11 is 0. The van der Waals surface area contributed by atoms with Gasteiger partial charge in [-0.05, 0) is 12.8 Å². The molecule has 0 spiro atoms. The SMILES string of the molecule is CCCCCCCC(=O)OCCCS(=O)(=O)O.P. The molecule has 0 amide bonds. The molecule has 0 aromatic rings. The molecule has 0 aromatic heterocycles. The first-order chi connectivity index (χ1) is 7.95. The Morgan fingerprint density at radius 1 is 1.11 bits per heavy atom. The molecule has 1 atom stereocenters. The molecule has 0 aliphatic rings. The number of carbonyl (C=O) groups is 1. The van der Waals surface area contributed by atoms with Crippen molar-refractivity contribution in [2.24, 2.45) is 0 Å². The smallest absolute Gasteiger partial charge is 0.305 e. The van der Waals surface area contributed by atoms with E-state index in [-0.39, 0.29) is 34.6 Å². The van der Waals surface area contributed by atoms with Crippen LogP contribution in [0.3, 0.4) is 0 Å². The van der Waals surface area contributed by atoms with Crippen LogP contribution >= 0.6 is 9.90 Å². The zero-order valence-corrected chi connectivity index (χ0v) is 13.3. The Bertz CT molecular complexity index is 303. The van der Waals surface area contributed by atoms with E-state index in [9.17, 15) is 13.2 Å². The molecule has 0 rings (SSSR count). The Labute approximate surface area is 113 Å². The molecule has 0 bridgehead atoms. The maximum Gasteiger partial charge on any atom is 0.305 e. The average Bonchev–Trinajstić information content (AvgIpc) is 2.23. The van der Waals surface area contributed by atoms with Crippen molar-refractivity contribution in [3.05, 3.63) is 0 Å². The van der Waals surface area contributed by atoms with E-state index in [0.29, 0.717) is 6.42 Å². The van der Waals surface area contributed by atoms with Gasteiger partial charge in [0.25, 0.3) is 10.1 Å². The van der Waals surface area contributed by atoms with Gasteiger partial charge in [-0.15, -0.1) is 0 Å². The zero-order chi connectivity index (χ0) is 13.1. The monoisotopic (exact) mass is 300 g/mol. The second-order valence-electron chi connectivity index (χ2n) is 4.02. The first-order valence-corrected chi connectivity index (χ1v) is 7.67. The number of rotatable bonds is 10. The first kappa shape index (κ1) is 20.1. The van der Waals surface area contributed by atoms with Crippen molar-refractivity contribution in [3.63, 3.8) is 0 Å². The third-order valence-electron chi connectivity index (χ3n) is 2.29. The standard InChI is InChI=1S/C11H22O5S.H3P/c1-2-3-4-5-6-8-11(12)16-9-7-10-17(13,14)15;/h2-10H2,1H3,(H,13,14,15);1H3. The Balaban J connectivity index is 0. The number of ether oxygens (including phenoxy) is 1. The lowest BCUT2D eigenvalue weighted by atomic mass is 10.1. The largest absolute Gasteiger partial charge is 0.466 e. The highest BCUT2D eigenvalue weighted by Crippen LogP contribution is 2.05. The van der Waals surface area contributed by atoms with Crippen molar-refractivity contribution >= 4 is 26.0 Å². The maximum atomic E-state index is 11.2. The van der Waals surface area contributed by atoms with Gasteiger partial charge in [-0.3, -0.25) is 9.35 Å². The van der Waals surface area contributed by atoms with Crippen molar-refractivity contribution in [2.45, 2.75) is 51.9 Å². The summed E-state index contributed by atoms with van der Waals surface area (Å²) < 4.78 is 34.0. The normalized spacial score (nSPS) is 10.8. The van der Waals surface area contributed by atoms with E-state index in [1.807, 2.05) is 0 Å². The molecule has 0 radical (unpaired) electrons. The summed E-state index contributed by atoms with van der Waals surface area (Å²) in [6, 6.07) is 0. The van der Waals surface area contributed by atoms with E-state index in [0.717, 1.165) is 19.3 Å². The molecule has 0 aliphatic carbocycles. The molecule has 0 fully saturated rings. The highest BCUT2D eigenvalue weighted by Gasteiger charge is 2.06. The molecular weight excluding hydrogens is 275 g/mol. The summed E-state index contributed by atoms with van der Waals surface area (Å²) in [5.41, 5.74) is 0. The Morgan fingerprint density at radius 3 is 2.28 bits per heavy atom. The fourth-order valence-electron chi connectivity index (χ4n) is 1.37. The highest BCUT2D eigenvalue weighted by atomic mass is 32.2. The van der Waals surface area contributed by atoms with E-state index < -0.39 is 10.1 Å². The summed E-state index contributed by atoms with van der Waals surface area (Å²) in [6.07, 6.45) is 5.84. The summed E-state index contributed by atoms with van der Waals surface area (Å²) in [4.78, 5) is 11.2. The molecular formula is C11H25O5PS. The number of carbonyl (C=O) groups excluding carboxylic acids is 1. The van der Waals surface area contributed by atoms with Crippen LogP contribution in [0.2, 0.25) is 0 Å². The molecule has 5 nitrogen and oxygen atoms in total. The third kappa shape index (κ3) is 15.8. The fraction of sp³-hybridized carbons (Fsp3) is 0.909. The molecule has 1 N–H and O–H groups in total. The van der Waals surface area contributed by atoms with E-state index in [4.69, 9.17) is 9.29 Å². The van der Waals surface area contributed by atoms with Gasteiger partial charge in [0.15, 0.2) is 0 Å². The van der Waals surface area contributed by atoms with Crippen molar-refractivity contribution in [2.75, 3.05) is 12.4 Å². The summed E-state index contributed by atoms with van der Waals surface area (Å²) in [5.74, 6) is -0.659. The first-order valence-electron chi connectivity index (χ1n) is 6.06. The predicted octanol–water partition coefficient (Wildman–Crippen LogP) is 2.23. The number of hydrogen-bond donors (Lipinski definition) is 1. The van der Waals surface area contributed by atoms with Crippen molar-refractivity contribution < 1.29 is 22.5 Å². The number of unbranched alkanes of at least 4 members (excludes halogenated alkanes) is 4. The fourth-order valence-corrected chi connectivity index (χ4v) is 1.86. The number of hydrogen-bond acceptors (Lipinski definition) is 4. The van der Waals surface area contributed by atoms with E-state index >= 15 is 0 Å². The molecule has 0 aromatic carbocycles. The average molecular weight is 300 g/mol. The third-order valence-corrected chi connectivity index (χ3v) is 3.10. The van der Waals surface area contributed by atoms with Crippen molar-refractivity contribution in [3.8, 4) is 0 Å². The minimum Gasteiger partial charge on any atom is -0.466 e. The lowest BCUT2D eigenvalue weighted by Gasteiger charge is -2.03. The second-order valence-corrected chi connectivity index (χ2v) is 5.60. The van der Waals surface area contributed by atoms with Crippen LogP contribution in [0.5, 0.6) is 0 Å². The van der Waals surface area contributed by atoms with Crippen LogP contribution in [-0.4, -0.2) is 31.3 Å². The van der Waals surface area contributed by atoms with Gasteiger partial charge in [0.05, 0.1) is 12.4 Å². The summed E-state index contributed by atoms with van der Waals surface area (Å²) in [6.45, 7) is 2.18. The molecule has 0 saturated carbocycles. The highest BCUT2D eigenvalue weighted by molar-refractivity contribution is 7.85. The Kier molecular flexibility index (Phi) is 13.3. The van der Waals surface area contributed by atoms with Gasteiger partial charge in [-0.2, -0.15) is 18.3 Å². The van der Waals surface area contributed by atoms with Gasteiger partial charge in [-0.1, -0.05) is 32.6 Å². The minimum absolute atomic E-state index is 0. The van der Waals surface area contributed by atoms with Gasteiger partial charge >= 0.3 is 5.97 Å². The van der Waals surface area contributed by atoms with Crippen molar-refractivity contribution in [1.29, 1.82) is 0 Å². The van der Waals surface area contributed by atoms with Gasteiger partial charge in [-0.25, -0.2) is 0 Å². The lowest BCUT2D eigenvalue weighted by Crippen LogP contribution is -2.10.